The molecule has 3 nitrogen and oxygen atoms in total. The van der Waals surface area contributed by atoms with Crippen LogP contribution in [0.1, 0.15) is 27.7 Å². The molecule has 2 heterocycles. The molecule has 0 aromatic heterocycles. The summed E-state index contributed by atoms with van der Waals surface area (Å²) in [5, 5.41) is 4.50. The average molecular weight is 204 g/mol. The smallest absolute Gasteiger partial charge is 0.189 e. The maximum absolute atomic E-state index is 4.55. The van der Waals surface area contributed by atoms with E-state index in [2.05, 4.69) is 56.2 Å². The summed E-state index contributed by atoms with van der Waals surface area (Å²) >= 11 is 0. The lowest BCUT2D eigenvalue weighted by Gasteiger charge is -2.08. The largest absolute Gasteiger partial charge is 0.297 e. The molecule has 0 N–H and O–H groups in total. The molecule has 15 heavy (non-hydrogen) atoms. The number of azo groups is 2. The second-order valence-corrected chi connectivity index (χ2v) is 4.68. The van der Waals surface area contributed by atoms with Crippen LogP contribution in [0.3, 0.4) is 0 Å². The van der Waals surface area contributed by atoms with Gasteiger partial charge in [0.1, 0.15) is 0 Å². The van der Waals surface area contributed by atoms with E-state index in [9.17, 15) is 0 Å². The van der Waals surface area contributed by atoms with E-state index in [0.717, 1.165) is 5.84 Å². The molecule has 0 aromatic rings. The fraction of sp³-hybridized carbons (Fsp3) is 0.583. The van der Waals surface area contributed by atoms with Gasteiger partial charge in [0.15, 0.2) is 5.84 Å². The summed E-state index contributed by atoms with van der Waals surface area (Å²) in [5.41, 5.74) is 1.32. The third-order valence-electron chi connectivity index (χ3n) is 2.68. The van der Waals surface area contributed by atoms with E-state index in [1.807, 2.05) is 4.70 Å². The van der Waals surface area contributed by atoms with Crippen molar-refractivity contribution in [3.8, 4) is 0 Å². The van der Waals surface area contributed by atoms with Crippen LogP contribution in [0.15, 0.2) is 34.0 Å². The van der Waals surface area contributed by atoms with Crippen LogP contribution in [0.5, 0.6) is 0 Å². The molecule has 0 spiro atoms. The van der Waals surface area contributed by atoms with E-state index in [1.54, 1.807) is 0 Å². The molecule has 1 unspecified atom stereocenters. The van der Waals surface area contributed by atoms with Crippen LogP contribution in [0.25, 0.3) is 0 Å². The number of rotatable bonds is 2. The van der Waals surface area contributed by atoms with Gasteiger partial charge in [-0.3, -0.25) is 0 Å². The Morgan fingerprint density at radius 2 is 1.93 bits per heavy atom. The predicted octanol–water partition coefficient (Wildman–Crippen LogP) is 2.96. The van der Waals surface area contributed by atoms with Gasteiger partial charge in [-0.25, -0.2) is 0 Å². The monoisotopic (exact) mass is 204 g/mol. The molecule has 0 bridgehead atoms. The second-order valence-electron chi connectivity index (χ2n) is 4.68. The quantitative estimate of drug-likeness (QED) is 0.619. The molecular formula is C12H18N3+. The number of hydrogen-bond acceptors (Lipinski definition) is 2. The van der Waals surface area contributed by atoms with Gasteiger partial charge in [0.25, 0.3) is 6.17 Å². The van der Waals surface area contributed by atoms with Gasteiger partial charge in [-0.05, 0) is 12.0 Å². The van der Waals surface area contributed by atoms with Gasteiger partial charge in [-0.2, -0.15) is 4.99 Å². The Labute approximate surface area is 90.9 Å². The molecule has 0 saturated heterocycles. The summed E-state index contributed by atoms with van der Waals surface area (Å²) in [5.74, 6) is 1.89. The van der Waals surface area contributed by atoms with Crippen molar-refractivity contribution >= 4 is 5.84 Å². The van der Waals surface area contributed by atoms with Crippen molar-refractivity contribution in [2.75, 3.05) is 0 Å². The first-order chi connectivity index (χ1) is 7.08. The molecule has 0 fully saturated rings. The van der Waals surface area contributed by atoms with Gasteiger partial charge in [0.2, 0.25) is 6.20 Å². The number of amidine groups is 1. The molecule has 0 aliphatic carbocycles. The van der Waals surface area contributed by atoms with Crippen molar-refractivity contribution in [2.24, 2.45) is 21.9 Å². The topological polar surface area (TPSA) is 27.7 Å². The van der Waals surface area contributed by atoms with E-state index in [0.29, 0.717) is 11.8 Å². The van der Waals surface area contributed by atoms with Crippen LogP contribution in [0.4, 0.5) is 0 Å². The number of allylic oxidation sites excluding steroid dienone is 2. The van der Waals surface area contributed by atoms with Crippen LogP contribution in [0.2, 0.25) is 0 Å². The molecular weight excluding hydrogens is 186 g/mol. The normalized spacial score (nSPS) is 24.1. The Kier molecular flexibility index (Phi) is 2.55. The van der Waals surface area contributed by atoms with Crippen LogP contribution in [0, 0.1) is 11.8 Å². The highest BCUT2D eigenvalue weighted by Crippen LogP contribution is 2.22. The van der Waals surface area contributed by atoms with Crippen molar-refractivity contribution in [1.29, 1.82) is 0 Å². The molecule has 0 amide bonds. The summed E-state index contributed by atoms with van der Waals surface area (Å²) in [6, 6.07) is 0. The third-order valence-corrected chi connectivity index (χ3v) is 2.68. The van der Waals surface area contributed by atoms with Crippen molar-refractivity contribution in [2.45, 2.75) is 33.9 Å². The zero-order chi connectivity index (χ0) is 11.0. The first-order valence-electron chi connectivity index (χ1n) is 5.55. The zero-order valence-electron chi connectivity index (χ0n) is 9.81. The lowest BCUT2D eigenvalue weighted by molar-refractivity contribution is -0.543. The standard InChI is InChI=1S/C12H18N3/c1-8(2)10-5-6-11-13-12(9(3)4)14-15(11)7-10/h5-9,11H,1-4H3/q+1. The van der Waals surface area contributed by atoms with E-state index >= 15 is 0 Å². The van der Waals surface area contributed by atoms with E-state index < -0.39 is 0 Å². The molecule has 2 aliphatic heterocycles. The van der Waals surface area contributed by atoms with Crippen LogP contribution in [-0.4, -0.2) is 16.7 Å². The Hall–Kier alpha value is -1.25. The fourth-order valence-corrected chi connectivity index (χ4v) is 1.63. The second kappa shape index (κ2) is 3.72. The SMILES string of the molecule is CC(C)C1=C[N+]2=NC(C(C)C)=NC2C=C1. The molecule has 0 radical (unpaired) electrons. The minimum absolute atomic E-state index is 0.102. The maximum Gasteiger partial charge on any atom is 0.297 e. The molecule has 2 aliphatic rings. The highest BCUT2D eigenvalue weighted by Gasteiger charge is 2.30. The van der Waals surface area contributed by atoms with Gasteiger partial charge >= 0.3 is 0 Å². The van der Waals surface area contributed by atoms with Crippen molar-refractivity contribution in [3.63, 3.8) is 0 Å². The van der Waals surface area contributed by atoms with Gasteiger partial charge < -0.3 is 0 Å². The lowest BCUT2D eigenvalue weighted by atomic mass is 10.0. The number of aliphatic imine (C=N–C) groups is 1. The maximum atomic E-state index is 4.55. The molecule has 0 saturated carbocycles. The highest BCUT2D eigenvalue weighted by atomic mass is 15.4. The molecule has 3 heteroatoms. The Morgan fingerprint density at radius 1 is 1.20 bits per heavy atom. The first-order valence-corrected chi connectivity index (χ1v) is 5.55. The third kappa shape index (κ3) is 1.91. The molecule has 0 aromatic carbocycles. The fourth-order valence-electron chi connectivity index (χ4n) is 1.63. The number of hydrogen-bond donors (Lipinski definition) is 0. The van der Waals surface area contributed by atoms with Gasteiger partial charge in [0, 0.05) is 22.7 Å². The summed E-state index contributed by atoms with van der Waals surface area (Å²) < 4.78 is 1.96. The summed E-state index contributed by atoms with van der Waals surface area (Å²) in [4.78, 5) is 4.55. The minimum Gasteiger partial charge on any atom is -0.189 e. The van der Waals surface area contributed by atoms with Gasteiger partial charge in [-0.1, -0.05) is 32.4 Å². The molecule has 80 valence electrons. The summed E-state index contributed by atoms with van der Waals surface area (Å²) in [7, 11) is 0. The van der Waals surface area contributed by atoms with Crippen molar-refractivity contribution in [1.82, 2.24) is 0 Å². The van der Waals surface area contributed by atoms with Gasteiger partial charge in [-0.15, -0.1) is 0 Å². The average Bonchev–Trinajstić information content (AvgIpc) is 2.59. The first kappa shape index (κ1) is 10.3. The number of nitrogens with zero attached hydrogens (tertiary/aromatic N) is 3. The van der Waals surface area contributed by atoms with Crippen LogP contribution >= 0.6 is 0 Å². The van der Waals surface area contributed by atoms with Crippen LogP contribution < -0.4 is 0 Å². The zero-order valence-corrected chi connectivity index (χ0v) is 9.81. The van der Waals surface area contributed by atoms with E-state index in [4.69, 9.17) is 0 Å². The Bertz CT molecular complexity index is 384. The van der Waals surface area contributed by atoms with E-state index in [1.165, 1.54) is 5.57 Å². The summed E-state index contributed by atoms with van der Waals surface area (Å²) in [6.07, 6.45) is 6.49. The Balaban J connectivity index is 2.26. The lowest BCUT2D eigenvalue weighted by Crippen LogP contribution is -2.16. The highest BCUT2D eigenvalue weighted by molar-refractivity contribution is 5.84. The van der Waals surface area contributed by atoms with Crippen LogP contribution in [-0.2, 0) is 0 Å². The number of fused-ring (bicyclic) bond motifs is 1. The predicted molar refractivity (Wildman–Crippen MR) is 60.8 cm³/mol. The van der Waals surface area contributed by atoms with Crippen molar-refractivity contribution in [3.05, 3.63) is 23.9 Å². The van der Waals surface area contributed by atoms with Crippen molar-refractivity contribution < 1.29 is 4.70 Å². The Morgan fingerprint density at radius 3 is 2.53 bits per heavy atom. The summed E-state index contributed by atoms with van der Waals surface area (Å²) in [6.45, 7) is 8.63. The minimum atomic E-state index is 0.102. The van der Waals surface area contributed by atoms with E-state index in [-0.39, 0.29) is 6.17 Å². The van der Waals surface area contributed by atoms with Gasteiger partial charge in [0.05, 0.1) is 0 Å². The molecule has 2 rings (SSSR count). The molecule has 1 atom stereocenters.